The van der Waals surface area contributed by atoms with Gasteiger partial charge >= 0.3 is 5.97 Å². The van der Waals surface area contributed by atoms with E-state index in [-0.39, 0.29) is 29.0 Å². The average Bonchev–Trinajstić information content (AvgIpc) is 2.51. The first kappa shape index (κ1) is 18.8. The van der Waals surface area contributed by atoms with Crippen LogP contribution < -0.4 is 0 Å². The molecule has 0 aromatic heterocycles. The van der Waals surface area contributed by atoms with Crippen LogP contribution in [0.3, 0.4) is 0 Å². The fraction of sp³-hybridized carbons (Fsp3) is 0.500. The molecule has 0 aliphatic heterocycles. The quantitative estimate of drug-likeness (QED) is 0.729. The van der Waals surface area contributed by atoms with E-state index in [0.717, 1.165) is 6.07 Å². The van der Waals surface area contributed by atoms with Crippen molar-refractivity contribution in [2.75, 3.05) is 34.4 Å². The molecule has 128 valence electrons. The lowest BCUT2D eigenvalue weighted by atomic mass is 9.93. The van der Waals surface area contributed by atoms with Crippen molar-refractivity contribution in [1.29, 1.82) is 0 Å². The van der Waals surface area contributed by atoms with Crippen molar-refractivity contribution in [2.24, 2.45) is 0 Å². The van der Waals surface area contributed by atoms with Gasteiger partial charge in [0.15, 0.2) is 0 Å². The zero-order valence-corrected chi connectivity index (χ0v) is 13.9. The Morgan fingerprint density at radius 1 is 1.17 bits per heavy atom. The molecule has 0 radical (unpaired) electrons. The van der Waals surface area contributed by atoms with Gasteiger partial charge in [-0.1, -0.05) is 6.92 Å². The maximum atomic E-state index is 12.6. The summed E-state index contributed by atoms with van der Waals surface area (Å²) < 4.78 is 9.58. The number of phenolic OH excluding ortho intramolecular Hbond substituents is 2. The Kier molecular flexibility index (Phi) is 6.84. The lowest BCUT2D eigenvalue weighted by Crippen LogP contribution is -2.31. The summed E-state index contributed by atoms with van der Waals surface area (Å²) in [6.45, 7) is 2.46. The zero-order chi connectivity index (χ0) is 17.6. The Labute approximate surface area is 135 Å². The second kappa shape index (κ2) is 8.38. The van der Waals surface area contributed by atoms with Gasteiger partial charge in [-0.25, -0.2) is 0 Å². The molecule has 23 heavy (non-hydrogen) atoms. The standard InChI is InChI=1S/C16H23NO6/c1-5-10-11(8-14(20)23-4)15(13(19)9-12(10)18)16(21)17(2)6-7-22-3/h9,18-19H,5-8H2,1-4H3. The van der Waals surface area contributed by atoms with Crippen LogP contribution in [0.5, 0.6) is 11.5 Å². The highest BCUT2D eigenvalue weighted by Gasteiger charge is 2.26. The number of phenols is 2. The number of hydrogen-bond acceptors (Lipinski definition) is 6. The van der Waals surface area contributed by atoms with Crippen LogP contribution in [0, 0.1) is 0 Å². The monoisotopic (exact) mass is 325 g/mol. The number of amides is 1. The van der Waals surface area contributed by atoms with Crippen LogP contribution in [-0.4, -0.2) is 61.4 Å². The van der Waals surface area contributed by atoms with Gasteiger partial charge < -0.3 is 24.6 Å². The van der Waals surface area contributed by atoms with E-state index in [2.05, 4.69) is 4.74 Å². The number of benzene rings is 1. The minimum absolute atomic E-state index is 0.00338. The smallest absolute Gasteiger partial charge is 0.310 e. The first-order valence-corrected chi connectivity index (χ1v) is 7.25. The minimum Gasteiger partial charge on any atom is -0.508 e. The van der Waals surface area contributed by atoms with E-state index in [0.29, 0.717) is 25.1 Å². The van der Waals surface area contributed by atoms with Crippen molar-refractivity contribution >= 4 is 11.9 Å². The molecular weight excluding hydrogens is 302 g/mol. The van der Waals surface area contributed by atoms with Gasteiger partial charge in [0.1, 0.15) is 11.5 Å². The number of carbonyl (C=O) groups excluding carboxylic acids is 2. The van der Waals surface area contributed by atoms with Crippen LogP contribution in [0.25, 0.3) is 0 Å². The van der Waals surface area contributed by atoms with Crippen LogP contribution >= 0.6 is 0 Å². The van der Waals surface area contributed by atoms with Crippen molar-refractivity contribution in [3.8, 4) is 11.5 Å². The number of esters is 1. The topological polar surface area (TPSA) is 96.3 Å². The average molecular weight is 325 g/mol. The van der Waals surface area contributed by atoms with E-state index in [4.69, 9.17) is 4.74 Å². The zero-order valence-electron chi connectivity index (χ0n) is 13.9. The number of nitrogens with zero attached hydrogens (tertiary/aromatic N) is 1. The van der Waals surface area contributed by atoms with E-state index in [1.54, 1.807) is 14.0 Å². The molecule has 1 amide bonds. The lowest BCUT2D eigenvalue weighted by molar-refractivity contribution is -0.139. The predicted octanol–water partition coefficient (Wildman–Crippen LogP) is 1.09. The summed E-state index contributed by atoms with van der Waals surface area (Å²) in [6, 6.07) is 1.12. The highest BCUT2D eigenvalue weighted by atomic mass is 16.5. The van der Waals surface area contributed by atoms with Crippen LogP contribution in [0.15, 0.2) is 6.07 Å². The summed E-state index contributed by atoms with van der Waals surface area (Å²) in [5, 5.41) is 20.1. The molecule has 0 unspecified atom stereocenters. The number of ether oxygens (including phenoxy) is 2. The number of carbonyl (C=O) groups is 2. The largest absolute Gasteiger partial charge is 0.508 e. The normalized spacial score (nSPS) is 10.4. The van der Waals surface area contributed by atoms with E-state index in [9.17, 15) is 19.8 Å². The molecule has 2 N–H and O–H groups in total. The third-order valence-electron chi connectivity index (χ3n) is 3.60. The molecule has 0 saturated carbocycles. The molecule has 0 atom stereocenters. The fourth-order valence-corrected chi connectivity index (χ4v) is 2.31. The van der Waals surface area contributed by atoms with Gasteiger partial charge in [0, 0.05) is 26.8 Å². The lowest BCUT2D eigenvalue weighted by Gasteiger charge is -2.21. The summed E-state index contributed by atoms with van der Waals surface area (Å²) in [5.41, 5.74) is 0.728. The first-order chi connectivity index (χ1) is 10.9. The molecule has 0 fully saturated rings. The van der Waals surface area contributed by atoms with Gasteiger partial charge in [-0.15, -0.1) is 0 Å². The second-order valence-corrected chi connectivity index (χ2v) is 5.07. The SMILES string of the molecule is CCc1c(O)cc(O)c(C(=O)N(C)CCOC)c1CC(=O)OC. The highest BCUT2D eigenvalue weighted by molar-refractivity contribution is 6.00. The van der Waals surface area contributed by atoms with E-state index in [1.807, 2.05) is 0 Å². The fourth-order valence-electron chi connectivity index (χ4n) is 2.31. The van der Waals surface area contributed by atoms with Gasteiger partial charge in [0.25, 0.3) is 5.91 Å². The second-order valence-electron chi connectivity index (χ2n) is 5.07. The summed E-state index contributed by atoms with van der Waals surface area (Å²) >= 11 is 0. The number of likely N-dealkylation sites (N-methyl/N-ethyl adjacent to an activating group) is 1. The molecule has 0 aliphatic rings. The molecule has 0 bridgehead atoms. The van der Waals surface area contributed by atoms with Crippen LogP contribution in [0.2, 0.25) is 0 Å². The van der Waals surface area contributed by atoms with Gasteiger partial charge in [0.05, 0.1) is 25.7 Å². The third-order valence-corrected chi connectivity index (χ3v) is 3.60. The molecule has 1 rings (SSSR count). The van der Waals surface area contributed by atoms with Gasteiger partial charge in [-0.05, 0) is 17.5 Å². The highest BCUT2D eigenvalue weighted by Crippen LogP contribution is 2.34. The van der Waals surface area contributed by atoms with Gasteiger partial charge in [-0.2, -0.15) is 0 Å². The first-order valence-electron chi connectivity index (χ1n) is 7.25. The van der Waals surface area contributed by atoms with E-state index in [1.165, 1.54) is 19.1 Å². The third kappa shape index (κ3) is 4.35. The van der Waals surface area contributed by atoms with Crippen LogP contribution in [0.1, 0.15) is 28.4 Å². The Bertz CT molecular complexity index is 584. The molecule has 7 nitrogen and oxygen atoms in total. The Morgan fingerprint density at radius 2 is 1.83 bits per heavy atom. The van der Waals surface area contributed by atoms with Crippen molar-refractivity contribution in [3.05, 3.63) is 22.8 Å². The van der Waals surface area contributed by atoms with Crippen molar-refractivity contribution in [2.45, 2.75) is 19.8 Å². The molecule has 0 heterocycles. The van der Waals surface area contributed by atoms with Crippen molar-refractivity contribution < 1.29 is 29.3 Å². The van der Waals surface area contributed by atoms with E-state index >= 15 is 0 Å². The minimum atomic E-state index is -0.557. The van der Waals surface area contributed by atoms with E-state index < -0.39 is 11.9 Å². The summed E-state index contributed by atoms with van der Waals surface area (Å²) in [5.74, 6) is -1.53. The number of rotatable bonds is 7. The maximum absolute atomic E-state index is 12.6. The maximum Gasteiger partial charge on any atom is 0.310 e. The molecule has 7 heteroatoms. The molecule has 0 spiro atoms. The summed E-state index contributed by atoms with van der Waals surface area (Å²) in [7, 11) is 4.33. The number of hydrogen-bond donors (Lipinski definition) is 2. The molecule has 0 aliphatic carbocycles. The summed E-state index contributed by atoms with van der Waals surface area (Å²) in [6.07, 6.45) is 0.196. The number of methoxy groups -OCH3 is 2. The van der Waals surface area contributed by atoms with Gasteiger partial charge in [-0.3, -0.25) is 9.59 Å². The van der Waals surface area contributed by atoms with Crippen molar-refractivity contribution in [1.82, 2.24) is 4.90 Å². The Hall–Kier alpha value is -2.28. The molecule has 1 aromatic carbocycles. The van der Waals surface area contributed by atoms with Crippen LogP contribution in [0.4, 0.5) is 0 Å². The van der Waals surface area contributed by atoms with Crippen LogP contribution in [-0.2, 0) is 27.1 Å². The molecular formula is C16H23NO6. The Balaban J connectivity index is 3.38. The van der Waals surface area contributed by atoms with Crippen molar-refractivity contribution in [3.63, 3.8) is 0 Å². The predicted molar refractivity (Wildman–Crippen MR) is 83.7 cm³/mol. The Morgan fingerprint density at radius 3 is 2.35 bits per heavy atom. The molecule has 1 aromatic rings. The van der Waals surface area contributed by atoms with Gasteiger partial charge in [0.2, 0.25) is 0 Å². The number of aromatic hydroxyl groups is 2. The molecule has 0 saturated heterocycles. The summed E-state index contributed by atoms with van der Waals surface area (Å²) in [4.78, 5) is 25.7.